The Morgan fingerprint density at radius 1 is 1.53 bits per heavy atom. The summed E-state index contributed by atoms with van der Waals surface area (Å²) in [6.45, 7) is 0.194. The molecule has 0 bridgehead atoms. The Kier molecular flexibility index (Phi) is 4.30. The van der Waals surface area contributed by atoms with Gasteiger partial charge in [-0.15, -0.1) is 0 Å². The highest BCUT2D eigenvalue weighted by atomic mass is 79.9. The highest BCUT2D eigenvalue weighted by Gasteiger charge is 2.04. The summed E-state index contributed by atoms with van der Waals surface area (Å²) in [6.07, 6.45) is 3.80. The second-order valence-electron chi connectivity index (χ2n) is 3.50. The summed E-state index contributed by atoms with van der Waals surface area (Å²) in [6, 6.07) is 5.23. The van der Waals surface area contributed by atoms with Crippen LogP contribution in [-0.2, 0) is 11.4 Å². The topological polar surface area (TPSA) is 85.5 Å². The maximum absolute atomic E-state index is 10.4. The summed E-state index contributed by atoms with van der Waals surface area (Å²) in [5.41, 5.74) is 0.751. The van der Waals surface area contributed by atoms with Crippen LogP contribution in [0, 0.1) is 0 Å². The minimum Gasteiger partial charge on any atom is -0.484 e. The number of carboxylic acids is 1. The van der Waals surface area contributed by atoms with E-state index in [0.717, 1.165) is 11.6 Å². The zero-order valence-corrected chi connectivity index (χ0v) is 11.2. The first kappa shape index (κ1) is 13.3. The van der Waals surface area contributed by atoms with Crippen molar-refractivity contribution in [2.45, 2.75) is 6.61 Å². The molecule has 1 N–H and O–H groups in total. The first-order valence-electron chi connectivity index (χ1n) is 5.24. The summed E-state index contributed by atoms with van der Waals surface area (Å²) in [5, 5.41) is 12.2. The lowest BCUT2D eigenvalue weighted by Gasteiger charge is -2.06. The van der Waals surface area contributed by atoms with E-state index in [0.29, 0.717) is 16.0 Å². The van der Waals surface area contributed by atoms with Crippen molar-refractivity contribution in [1.29, 1.82) is 0 Å². The average molecular weight is 325 g/mol. The number of carboxylic acid groups (broad SMARTS) is 1. The predicted octanol–water partition coefficient (Wildman–Crippen LogP) is 2.51. The van der Waals surface area contributed by atoms with Gasteiger partial charge in [-0.2, -0.15) is 4.98 Å². The normalized spacial score (nSPS) is 10.8. The van der Waals surface area contributed by atoms with Crippen LogP contribution in [0.3, 0.4) is 0 Å². The van der Waals surface area contributed by atoms with E-state index in [1.165, 1.54) is 12.5 Å². The second-order valence-corrected chi connectivity index (χ2v) is 4.35. The maximum Gasteiger partial charge on any atom is 0.328 e. The molecule has 0 aliphatic carbocycles. The van der Waals surface area contributed by atoms with Gasteiger partial charge in [-0.3, -0.25) is 0 Å². The molecule has 0 aliphatic heterocycles. The van der Waals surface area contributed by atoms with Gasteiger partial charge in [0.1, 0.15) is 5.75 Å². The molecule has 2 aromatic rings. The Labute approximate surface area is 116 Å². The average Bonchev–Trinajstić information content (AvgIpc) is 2.88. The van der Waals surface area contributed by atoms with Crippen molar-refractivity contribution in [3.05, 3.63) is 46.5 Å². The van der Waals surface area contributed by atoms with E-state index < -0.39 is 5.97 Å². The van der Waals surface area contributed by atoms with E-state index in [1.54, 1.807) is 18.2 Å². The van der Waals surface area contributed by atoms with Gasteiger partial charge < -0.3 is 14.4 Å². The van der Waals surface area contributed by atoms with Gasteiger partial charge in [0.25, 0.3) is 0 Å². The fourth-order valence-corrected chi connectivity index (χ4v) is 1.81. The van der Waals surface area contributed by atoms with Crippen molar-refractivity contribution < 1.29 is 19.2 Å². The molecule has 19 heavy (non-hydrogen) atoms. The molecule has 98 valence electrons. The molecule has 6 nitrogen and oxygen atoms in total. The molecule has 0 atom stereocenters. The highest BCUT2D eigenvalue weighted by Crippen LogP contribution is 2.27. The van der Waals surface area contributed by atoms with Gasteiger partial charge in [-0.25, -0.2) is 4.79 Å². The lowest BCUT2D eigenvalue weighted by molar-refractivity contribution is -0.131. The zero-order valence-electron chi connectivity index (χ0n) is 9.62. The van der Waals surface area contributed by atoms with E-state index in [1.807, 2.05) is 0 Å². The van der Waals surface area contributed by atoms with Crippen LogP contribution in [0.5, 0.6) is 5.75 Å². The van der Waals surface area contributed by atoms with Crippen LogP contribution < -0.4 is 4.74 Å². The Balaban J connectivity index is 2.04. The molecule has 0 saturated carbocycles. The van der Waals surface area contributed by atoms with Crippen molar-refractivity contribution >= 4 is 28.0 Å². The Morgan fingerprint density at radius 2 is 2.37 bits per heavy atom. The summed E-state index contributed by atoms with van der Waals surface area (Å²) in [5.74, 6) is 0.0626. The monoisotopic (exact) mass is 324 g/mol. The first-order chi connectivity index (χ1) is 9.15. The Morgan fingerprint density at radius 3 is 3.00 bits per heavy atom. The van der Waals surface area contributed by atoms with Crippen LogP contribution in [-0.4, -0.2) is 21.2 Å². The fraction of sp³-hybridized carbons (Fsp3) is 0.0833. The van der Waals surface area contributed by atoms with Crippen LogP contribution in [0.2, 0.25) is 0 Å². The zero-order chi connectivity index (χ0) is 13.7. The molecule has 0 saturated heterocycles. The number of hydrogen-bond acceptors (Lipinski definition) is 5. The third kappa shape index (κ3) is 3.92. The van der Waals surface area contributed by atoms with Gasteiger partial charge in [-0.1, -0.05) is 11.2 Å². The number of ether oxygens (including phenoxy) is 1. The molecule has 0 spiro atoms. The number of carbonyl (C=O) groups is 1. The minimum atomic E-state index is -0.992. The van der Waals surface area contributed by atoms with Crippen molar-refractivity contribution in [2.75, 3.05) is 0 Å². The van der Waals surface area contributed by atoms with E-state index in [-0.39, 0.29) is 6.61 Å². The third-order valence-corrected chi connectivity index (χ3v) is 2.76. The number of nitrogens with zero attached hydrogens (tertiary/aromatic N) is 2. The molecule has 7 heteroatoms. The third-order valence-electron chi connectivity index (χ3n) is 2.14. The second kappa shape index (κ2) is 6.14. The molecule has 1 aromatic heterocycles. The number of aromatic nitrogens is 2. The molecule has 0 radical (unpaired) electrons. The summed E-state index contributed by atoms with van der Waals surface area (Å²) < 4.78 is 10.8. The van der Waals surface area contributed by atoms with Gasteiger partial charge in [0.2, 0.25) is 12.2 Å². The minimum absolute atomic E-state index is 0.194. The van der Waals surface area contributed by atoms with Gasteiger partial charge in [0.05, 0.1) is 4.47 Å². The molecule has 0 fully saturated rings. The van der Waals surface area contributed by atoms with Crippen LogP contribution in [0.4, 0.5) is 0 Å². The quantitative estimate of drug-likeness (QED) is 0.850. The summed E-state index contributed by atoms with van der Waals surface area (Å²) in [4.78, 5) is 14.2. The predicted molar refractivity (Wildman–Crippen MR) is 69.4 cm³/mol. The largest absolute Gasteiger partial charge is 0.484 e. The van der Waals surface area contributed by atoms with Crippen molar-refractivity contribution in [1.82, 2.24) is 10.1 Å². The summed E-state index contributed by atoms with van der Waals surface area (Å²) >= 11 is 3.35. The van der Waals surface area contributed by atoms with E-state index in [4.69, 9.17) is 9.84 Å². The van der Waals surface area contributed by atoms with Crippen molar-refractivity contribution in [3.63, 3.8) is 0 Å². The van der Waals surface area contributed by atoms with Gasteiger partial charge in [-0.05, 0) is 39.7 Å². The van der Waals surface area contributed by atoms with Crippen LogP contribution in [0.1, 0.15) is 11.4 Å². The van der Waals surface area contributed by atoms with Crippen molar-refractivity contribution in [3.8, 4) is 5.75 Å². The van der Waals surface area contributed by atoms with E-state index in [9.17, 15) is 4.79 Å². The van der Waals surface area contributed by atoms with Crippen LogP contribution >= 0.6 is 15.9 Å². The molecule has 2 rings (SSSR count). The molecule has 0 amide bonds. The molecular formula is C12H9BrN2O4. The number of aliphatic carboxylic acids is 1. The number of rotatable bonds is 5. The SMILES string of the molecule is O=C(O)C=Cc1ccc(OCc2ncon2)c(Br)c1. The molecule has 1 aromatic carbocycles. The number of benzene rings is 1. The molecule has 0 unspecified atom stereocenters. The highest BCUT2D eigenvalue weighted by molar-refractivity contribution is 9.10. The molecule has 1 heterocycles. The smallest absolute Gasteiger partial charge is 0.328 e. The van der Waals surface area contributed by atoms with Gasteiger partial charge in [0.15, 0.2) is 6.61 Å². The lowest BCUT2D eigenvalue weighted by atomic mass is 10.2. The summed E-state index contributed by atoms with van der Waals surface area (Å²) in [7, 11) is 0. The Bertz CT molecular complexity index is 596. The maximum atomic E-state index is 10.4. The molecule has 0 aliphatic rings. The fourth-order valence-electron chi connectivity index (χ4n) is 1.30. The van der Waals surface area contributed by atoms with Crippen LogP contribution in [0.25, 0.3) is 6.08 Å². The van der Waals surface area contributed by atoms with Crippen LogP contribution in [0.15, 0.2) is 39.7 Å². The van der Waals surface area contributed by atoms with Crippen molar-refractivity contribution in [2.24, 2.45) is 0 Å². The molecular weight excluding hydrogens is 316 g/mol. The van der Waals surface area contributed by atoms with E-state index >= 15 is 0 Å². The van der Waals surface area contributed by atoms with Gasteiger partial charge >= 0.3 is 5.97 Å². The Hall–Kier alpha value is -2.15. The lowest BCUT2D eigenvalue weighted by Crippen LogP contribution is -1.98. The number of halogens is 1. The number of hydrogen-bond donors (Lipinski definition) is 1. The van der Waals surface area contributed by atoms with Gasteiger partial charge in [0, 0.05) is 6.08 Å². The first-order valence-corrected chi connectivity index (χ1v) is 6.03. The standard InChI is InChI=1S/C12H9BrN2O4/c13-9-5-8(2-4-12(16)17)1-3-10(9)18-6-11-14-7-19-15-11/h1-5,7H,6H2,(H,16,17). The van der Waals surface area contributed by atoms with E-state index in [2.05, 4.69) is 30.6 Å².